The third-order valence-corrected chi connectivity index (χ3v) is 5.03. The quantitative estimate of drug-likeness (QED) is 0.495. The van der Waals surface area contributed by atoms with Gasteiger partial charge >= 0.3 is 5.97 Å². The van der Waals surface area contributed by atoms with Gasteiger partial charge in [0.1, 0.15) is 6.04 Å². The summed E-state index contributed by atoms with van der Waals surface area (Å²) in [6.45, 7) is 3.71. The Balaban J connectivity index is 1.58. The number of nitrogens with one attached hydrogen (secondary N) is 1. The number of imide groups is 1. The van der Waals surface area contributed by atoms with Crippen molar-refractivity contribution in [2.24, 2.45) is 5.92 Å². The zero-order valence-corrected chi connectivity index (χ0v) is 17.7. The first-order valence-electron chi connectivity index (χ1n) is 10.3. The molecule has 7 heteroatoms. The molecule has 0 saturated heterocycles. The number of nitrogens with zero attached hydrogens (tertiary/aromatic N) is 1. The van der Waals surface area contributed by atoms with Crippen molar-refractivity contribution >= 4 is 23.7 Å². The highest BCUT2D eigenvalue weighted by atomic mass is 16.5. The first-order chi connectivity index (χ1) is 14.9. The van der Waals surface area contributed by atoms with Gasteiger partial charge in [-0.05, 0) is 36.5 Å². The molecular formula is C24H26N2O5. The summed E-state index contributed by atoms with van der Waals surface area (Å²) in [4.78, 5) is 51.3. The van der Waals surface area contributed by atoms with Crippen molar-refractivity contribution in [2.75, 3.05) is 13.2 Å². The Kier molecular flexibility index (Phi) is 7.18. The number of esters is 1. The molecule has 7 nitrogen and oxygen atoms in total. The Hall–Kier alpha value is -3.48. The number of carbonyl (C=O) groups excluding carboxylic acids is 4. The SMILES string of the molecule is CC(C)C[C@H](C(=O)OCC(=O)NCCc1ccccc1)N1C(=O)c2ccccc2C1=O. The van der Waals surface area contributed by atoms with Crippen LogP contribution < -0.4 is 5.32 Å². The standard InChI is InChI=1S/C24H26N2O5/c1-16(2)14-20(26-22(28)18-10-6-7-11-19(18)23(26)29)24(30)31-15-21(27)25-13-12-17-8-4-3-5-9-17/h3-11,16,20H,12-15H2,1-2H3,(H,25,27)/t20-/m1/s1. The Morgan fingerprint density at radius 1 is 0.935 bits per heavy atom. The molecule has 1 heterocycles. The van der Waals surface area contributed by atoms with Crippen LogP contribution in [-0.4, -0.2) is 47.8 Å². The molecule has 3 rings (SSSR count). The fourth-order valence-electron chi connectivity index (χ4n) is 3.52. The number of amides is 3. The van der Waals surface area contributed by atoms with Crippen molar-refractivity contribution in [1.82, 2.24) is 10.2 Å². The van der Waals surface area contributed by atoms with Gasteiger partial charge in [-0.3, -0.25) is 19.3 Å². The van der Waals surface area contributed by atoms with E-state index < -0.39 is 36.3 Å². The van der Waals surface area contributed by atoms with Gasteiger partial charge in [0, 0.05) is 6.54 Å². The molecule has 2 aromatic carbocycles. The van der Waals surface area contributed by atoms with Crippen LogP contribution in [0.2, 0.25) is 0 Å². The van der Waals surface area contributed by atoms with Crippen LogP contribution in [0.15, 0.2) is 54.6 Å². The van der Waals surface area contributed by atoms with E-state index in [-0.39, 0.29) is 23.5 Å². The Labute approximate surface area is 181 Å². The van der Waals surface area contributed by atoms with Crippen LogP contribution >= 0.6 is 0 Å². The number of fused-ring (bicyclic) bond motifs is 1. The maximum Gasteiger partial charge on any atom is 0.329 e. The summed E-state index contributed by atoms with van der Waals surface area (Å²) in [5, 5.41) is 2.70. The highest BCUT2D eigenvalue weighted by Crippen LogP contribution is 2.27. The Bertz CT molecular complexity index is 936. The van der Waals surface area contributed by atoms with Crippen molar-refractivity contribution in [3.05, 3.63) is 71.3 Å². The summed E-state index contributed by atoms with van der Waals surface area (Å²) in [5.41, 5.74) is 1.63. The van der Waals surface area contributed by atoms with Crippen molar-refractivity contribution in [3.63, 3.8) is 0 Å². The van der Waals surface area contributed by atoms with Crippen LogP contribution in [0.3, 0.4) is 0 Å². The van der Waals surface area contributed by atoms with E-state index in [4.69, 9.17) is 4.74 Å². The summed E-state index contributed by atoms with van der Waals surface area (Å²) in [6, 6.07) is 15.1. The van der Waals surface area contributed by atoms with Crippen LogP contribution in [0.25, 0.3) is 0 Å². The summed E-state index contributed by atoms with van der Waals surface area (Å²) in [7, 11) is 0. The van der Waals surface area contributed by atoms with Gasteiger partial charge in [0.2, 0.25) is 0 Å². The highest BCUT2D eigenvalue weighted by Gasteiger charge is 2.43. The largest absolute Gasteiger partial charge is 0.454 e. The summed E-state index contributed by atoms with van der Waals surface area (Å²) < 4.78 is 5.18. The van der Waals surface area contributed by atoms with E-state index in [9.17, 15) is 19.2 Å². The zero-order chi connectivity index (χ0) is 22.4. The lowest BCUT2D eigenvalue weighted by Gasteiger charge is -2.25. The number of hydrogen-bond acceptors (Lipinski definition) is 5. The van der Waals surface area contributed by atoms with Crippen molar-refractivity contribution in [1.29, 1.82) is 0 Å². The van der Waals surface area contributed by atoms with Gasteiger partial charge < -0.3 is 10.1 Å². The molecule has 0 unspecified atom stereocenters. The third kappa shape index (κ3) is 5.36. The molecule has 0 spiro atoms. The first-order valence-corrected chi connectivity index (χ1v) is 10.3. The van der Waals surface area contributed by atoms with Gasteiger partial charge in [-0.2, -0.15) is 0 Å². The lowest BCUT2D eigenvalue weighted by atomic mass is 10.0. The van der Waals surface area contributed by atoms with E-state index in [1.54, 1.807) is 24.3 Å². The number of carbonyl (C=O) groups is 4. The predicted octanol–water partition coefficient (Wildman–Crippen LogP) is 2.60. The average molecular weight is 422 g/mol. The number of ether oxygens (including phenoxy) is 1. The smallest absolute Gasteiger partial charge is 0.329 e. The van der Waals surface area contributed by atoms with E-state index in [0.29, 0.717) is 13.0 Å². The van der Waals surface area contributed by atoms with Crippen molar-refractivity contribution < 1.29 is 23.9 Å². The van der Waals surface area contributed by atoms with Crippen molar-refractivity contribution in [3.8, 4) is 0 Å². The topological polar surface area (TPSA) is 92.8 Å². The lowest BCUT2D eigenvalue weighted by Crippen LogP contribution is -2.47. The Morgan fingerprint density at radius 3 is 2.10 bits per heavy atom. The molecule has 162 valence electrons. The fraction of sp³-hybridized carbons (Fsp3) is 0.333. The van der Waals surface area contributed by atoms with E-state index in [0.717, 1.165) is 10.5 Å². The fourth-order valence-corrected chi connectivity index (χ4v) is 3.52. The van der Waals surface area contributed by atoms with Crippen LogP contribution in [0.1, 0.15) is 46.5 Å². The summed E-state index contributed by atoms with van der Waals surface area (Å²) in [5.74, 6) is -2.20. The molecule has 1 aliphatic heterocycles. The minimum absolute atomic E-state index is 0.0292. The minimum Gasteiger partial charge on any atom is -0.454 e. The van der Waals surface area contributed by atoms with Gasteiger partial charge in [0.15, 0.2) is 6.61 Å². The monoisotopic (exact) mass is 422 g/mol. The van der Waals surface area contributed by atoms with E-state index in [1.807, 2.05) is 44.2 Å². The molecule has 1 atom stereocenters. The number of benzene rings is 2. The molecule has 1 aliphatic rings. The normalized spacial score (nSPS) is 13.8. The number of hydrogen-bond donors (Lipinski definition) is 1. The third-order valence-electron chi connectivity index (χ3n) is 5.03. The molecule has 0 bridgehead atoms. The average Bonchev–Trinajstić information content (AvgIpc) is 3.01. The second-order valence-corrected chi connectivity index (χ2v) is 7.86. The zero-order valence-electron chi connectivity index (χ0n) is 17.7. The maximum absolute atomic E-state index is 12.8. The van der Waals surface area contributed by atoms with Crippen LogP contribution in [-0.2, 0) is 20.7 Å². The molecule has 0 saturated carbocycles. The van der Waals surface area contributed by atoms with Crippen LogP contribution in [0.4, 0.5) is 0 Å². The van der Waals surface area contributed by atoms with Gasteiger partial charge in [0.05, 0.1) is 11.1 Å². The maximum atomic E-state index is 12.8. The Morgan fingerprint density at radius 2 is 1.52 bits per heavy atom. The van der Waals surface area contributed by atoms with Gasteiger partial charge in [-0.1, -0.05) is 56.3 Å². The minimum atomic E-state index is -1.08. The molecule has 1 N–H and O–H groups in total. The molecule has 0 radical (unpaired) electrons. The number of rotatable bonds is 9. The summed E-state index contributed by atoms with van der Waals surface area (Å²) >= 11 is 0. The predicted molar refractivity (Wildman–Crippen MR) is 114 cm³/mol. The summed E-state index contributed by atoms with van der Waals surface area (Å²) in [6.07, 6.45) is 0.908. The van der Waals surface area contributed by atoms with Crippen LogP contribution in [0, 0.1) is 5.92 Å². The second kappa shape index (κ2) is 10.0. The molecular weight excluding hydrogens is 396 g/mol. The van der Waals surface area contributed by atoms with Gasteiger partial charge in [0.25, 0.3) is 17.7 Å². The molecule has 3 amide bonds. The van der Waals surface area contributed by atoms with Crippen molar-refractivity contribution in [2.45, 2.75) is 32.7 Å². The van der Waals surface area contributed by atoms with E-state index in [2.05, 4.69) is 5.32 Å². The first kappa shape index (κ1) is 22.2. The van der Waals surface area contributed by atoms with Gasteiger partial charge in [-0.25, -0.2) is 4.79 Å². The van der Waals surface area contributed by atoms with E-state index in [1.165, 1.54) is 0 Å². The molecule has 0 aliphatic carbocycles. The molecule has 31 heavy (non-hydrogen) atoms. The molecule has 2 aromatic rings. The molecule has 0 aromatic heterocycles. The van der Waals surface area contributed by atoms with Crippen LogP contribution in [0.5, 0.6) is 0 Å². The second-order valence-electron chi connectivity index (χ2n) is 7.86. The van der Waals surface area contributed by atoms with Gasteiger partial charge in [-0.15, -0.1) is 0 Å². The highest BCUT2D eigenvalue weighted by molar-refractivity contribution is 6.22. The lowest BCUT2D eigenvalue weighted by molar-refractivity contribution is -0.152. The molecule has 0 fully saturated rings. The van der Waals surface area contributed by atoms with E-state index >= 15 is 0 Å².